The van der Waals surface area contributed by atoms with Crippen molar-refractivity contribution < 1.29 is 27.6 Å². The number of carbonyl (C=O) groups is 1. The van der Waals surface area contributed by atoms with Crippen molar-refractivity contribution >= 4 is 44.2 Å². The van der Waals surface area contributed by atoms with Crippen LogP contribution in [-0.4, -0.2) is 41.0 Å². The molecule has 0 saturated carbocycles. The molecule has 192 valence electrons. The van der Waals surface area contributed by atoms with E-state index < -0.39 is 25.9 Å². The highest BCUT2D eigenvalue weighted by atomic mass is 32.2. The van der Waals surface area contributed by atoms with Crippen molar-refractivity contribution in [2.75, 3.05) is 12.4 Å². The Labute approximate surface area is 216 Å². The third kappa shape index (κ3) is 6.66. The smallest absolute Gasteiger partial charge is 0.269 e. The zero-order valence-electron chi connectivity index (χ0n) is 19.9. The number of ether oxygens (including phenoxy) is 2. The second kappa shape index (κ2) is 11.6. The van der Waals surface area contributed by atoms with Crippen LogP contribution in [0.15, 0.2) is 53.2 Å². The Balaban J connectivity index is 1.73. The van der Waals surface area contributed by atoms with Gasteiger partial charge in [-0.25, -0.2) is 8.42 Å². The summed E-state index contributed by atoms with van der Waals surface area (Å²) in [4.78, 5) is 26.7. The van der Waals surface area contributed by atoms with Gasteiger partial charge in [0, 0.05) is 23.7 Å². The summed E-state index contributed by atoms with van der Waals surface area (Å²) in [5.41, 5.74) is 0.889. The Morgan fingerprint density at radius 3 is 2.54 bits per heavy atom. The van der Waals surface area contributed by atoms with Gasteiger partial charge in [-0.3, -0.25) is 20.2 Å². The first-order valence-electron chi connectivity index (χ1n) is 10.6. The van der Waals surface area contributed by atoms with E-state index in [-0.39, 0.29) is 28.2 Å². The van der Waals surface area contributed by atoms with Gasteiger partial charge < -0.3 is 9.47 Å². The number of sulfone groups is 1. The average Bonchev–Trinajstić information content (AvgIpc) is 3.35. The number of methoxy groups -OCH3 is 1. The second-order valence-electron chi connectivity index (χ2n) is 7.72. The van der Waals surface area contributed by atoms with E-state index in [1.165, 1.54) is 39.2 Å². The Morgan fingerprint density at radius 1 is 1.24 bits per heavy atom. The topological polar surface area (TPSA) is 174 Å². The summed E-state index contributed by atoms with van der Waals surface area (Å²) in [5.74, 6) is -0.0701. The molecule has 0 atom stereocenters. The molecule has 0 saturated heterocycles. The number of carbonyl (C=O) groups excluding carboxylic acids is 1. The fraction of sp³-hybridized carbons (Fsp3) is 0.217. The van der Waals surface area contributed by atoms with E-state index in [0.29, 0.717) is 34.2 Å². The Kier molecular flexibility index (Phi) is 8.53. The number of aromatic nitrogens is 2. The minimum Gasteiger partial charge on any atom is -0.493 e. The fourth-order valence-corrected chi connectivity index (χ4v) is 4.53. The first kappa shape index (κ1) is 27.2. The molecule has 0 unspecified atom stereocenters. The molecule has 0 spiro atoms. The van der Waals surface area contributed by atoms with Crippen molar-refractivity contribution in [2.45, 2.75) is 30.9 Å². The van der Waals surface area contributed by atoms with Crippen molar-refractivity contribution in [2.24, 2.45) is 0 Å². The molecule has 3 aromatic rings. The molecular weight excluding hydrogens is 522 g/mol. The molecule has 37 heavy (non-hydrogen) atoms. The zero-order chi connectivity index (χ0) is 27.2. The predicted octanol–water partition coefficient (Wildman–Crippen LogP) is 3.76. The molecule has 0 aliphatic carbocycles. The van der Waals surface area contributed by atoms with Gasteiger partial charge in [0.1, 0.15) is 18.2 Å². The van der Waals surface area contributed by atoms with Gasteiger partial charge in [0.2, 0.25) is 15.0 Å². The molecule has 12 nitrogen and oxygen atoms in total. The maximum Gasteiger partial charge on any atom is 0.269 e. The zero-order valence-corrected chi connectivity index (χ0v) is 21.5. The van der Waals surface area contributed by atoms with E-state index >= 15 is 0 Å². The van der Waals surface area contributed by atoms with Crippen molar-refractivity contribution in [3.8, 4) is 17.6 Å². The lowest BCUT2D eigenvalue weighted by atomic mass is 10.1. The summed E-state index contributed by atoms with van der Waals surface area (Å²) < 4.78 is 39.2. The van der Waals surface area contributed by atoms with Gasteiger partial charge in [0.05, 0.1) is 17.3 Å². The van der Waals surface area contributed by atoms with Crippen LogP contribution in [0.5, 0.6) is 11.5 Å². The minimum atomic E-state index is -3.70. The maximum absolute atomic E-state index is 12.6. The molecule has 14 heteroatoms. The normalized spacial score (nSPS) is 11.6. The van der Waals surface area contributed by atoms with Crippen LogP contribution in [-0.2, 0) is 21.2 Å². The molecule has 0 fully saturated rings. The molecule has 1 aromatic heterocycles. The van der Waals surface area contributed by atoms with E-state index in [1.54, 1.807) is 36.4 Å². The van der Waals surface area contributed by atoms with Crippen LogP contribution in [0.2, 0.25) is 0 Å². The monoisotopic (exact) mass is 543 g/mol. The molecule has 1 amide bonds. The number of amides is 1. The van der Waals surface area contributed by atoms with Gasteiger partial charge in [-0.05, 0) is 55.3 Å². The summed E-state index contributed by atoms with van der Waals surface area (Å²) >= 11 is 0.691. The fourth-order valence-electron chi connectivity index (χ4n) is 2.84. The molecule has 0 aliphatic heterocycles. The number of nitro groups is 1. The summed E-state index contributed by atoms with van der Waals surface area (Å²) in [7, 11) is -2.27. The van der Waals surface area contributed by atoms with Gasteiger partial charge in [0.25, 0.3) is 16.8 Å². The molecule has 0 radical (unpaired) electrons. The number of rotatable bonds is 10. The second-order valence-corrected chi connectivity index (χ2v) is 10.9. The first-order valence-corrected chi connectivity index (χ1v) is 12.9. The average molecular weight is 544 g/mol. The number of nitrogens with one attached hydrogen (secondary N) is 1. The molecule has 3 rings (SSSR count). The lowest BCUT2D eigenvalue weighted by Gasteiger charge is -2.11. The summed E-state index contributed by atoms with van der Waals surface area (Å²) in [6.45, 7) is 3.11. The summed E-state index contributed by atoms with van der Waals surface area (Å²) in [6, 6.07) is 12.5. The summed E-state index contributed by atoms with van der Waals surface area (Å²) in [5, 5.41) is 21.5. The molecular formula is C23H21N5O7S2. The number of nitriles is 1. The maximum atomic E-state index is 12.6. The van der Waals surface area contributed by atoms with E-state index in [9.17, 15) is 28.6 Å². The molecule has 1 N–H and O–H groups in total. The molecule has 1 heterocycles. The van der Waals surface area contributed by atoms with Crippen LogP contribution in [0.25, 0.3) is 6.08 Å². The molecule has 0 aliphatic rings. The van der Waals surface area contributed by atoms with Gasteiger partial charge in [-0.15, -0.1) is 0 Å². The van der Waals surface area contributed by atoms with Crippen molar-refractivity contribution in [1.82, 2.24) is 9.36 Å². The van der Waals surface area contributed by atoms with E-state index in [2.05, 4.69) is 14.7 Å². The number of non-ortho nitro benzene ring substituents is 1. The third-order valence-electron chi connectivity index (χ3n) is 4.91. The van der Waals surface area contributed by atoms with Gasteiger partial charge in [0.15, 0.2) is 11.5 Å². The largest absolute Gasteiger partial charge is 0.493 e. The Morgan fingerprint density at radius 2 is 1.95 bits per heavy atom. The highest BCUT2D eigenvalue weighted by Gasteiger charge is 2.25. The summed E-state index contributed by atoms with van der Waals surface area (Å²) in [6.07, 6.45) is 1.32. The lowest BCUT2D eigenvalue weighted by molar-refractivity contribution is -0.384. The molecule has 0 bridgehead atoms. The standard InChI is InChI=1S/C23H21N5O7S2/c1-14(2)37(32,33)23-26-22(36-27-23)25-21(29)17(12-24)10-16-6-9-19(20(11-16)34-3)35-13-15-4-7-18(8-5-15)28(30)31/h4-11,14H,13H2,1-3H3,(H,25,26,27,29). The highest BCUT2D eigenvalue weighted by Crippen LogP contribution is 2.30. The quantitative estimate of drug-likeness (QED) is 0.171. The lowest BCUT2D eigenvalue weighted by Crippen LogP contribution is -2.16. The number of anilines is 1. The number of nitrogens with zero attached hydrogens (tertiary/aromatic N) is 4. The van der Waals surface area contributed by atoms with Gasteiger partial charge in [-0.2, -0.15) is 14.6 Å². The predicted molar refractivity (Wildman–Crippen MR) is 135 cm³/mol. The van der Waals surface area contributed by atoms with E-state index in [0.717, 1.165) is 0 Å². The van der Waals surface area contributed by atoms with Crippen LogP contribution >= 0.6 is 11.5 Å². The number of hydrogen-bond donors (Lipinski definition) is 1. The minimum absolute atomic E-state index is 0.0260. The van der Waals surface area contributed by atoms with Crippen molar-refractivity contribution in [3.63, 3.8) is 0 Å². The van der Waals surface area contributed by atoms with Crippen LogP contribution in [0.1, 0.15) is 25.0 Å². The van der Waals surface area contributed by atoms with Crippen molar-refractivity contribution in [3.05, 3.63) is 69.3 Å². The highest BCUT2D eigenvalue weighted by molar-refractivity contribution is 7.91. The van der Waals surface area contributed by atoms with Crippen LogP contribution in [0.3, 0.4) is 0 Å². The van der Waals surface area contributed by atoms with E-state index in [4.69, 9.17) is 9.47 Å². The first-order chi connectivity index (χ1) is 17.5. The van der Waals surface area contributed by atoms with Crippen LogP contribution in [0.4, 0.5) is 10.8 Å². The Bertz CT molecular complexity index is 1490. The molecule has 2 aromatic carbocycles. The number of benzene rings is 2. The SMILES string of the molecule is COc1cc(C=C(C#N)C(=O)Nc2nc(S(=O)(=O)C(C)C)ns2)ccc1OCc1ccc([N+](=O)[O-])cc1. The van der Waals surface area contributed by atoms with Crippen LogP contribution in [0, 0.1) is 21.4 Å². The number of nitro benzene ring substituents is 1. The van der Waals surface area contributed by atoms with Gasteiger partial charge >= 0.3 is 0 Å². The van der Waals surface area contributed by atoms with E-state index in [1.807, 2.05) is 0 Å². The van der Waals surface area contributed by atoms with Crippen molar-refractivity contribution in [1.29, 1.82) is 5.26 Å². The van der Waals surface area contributed by atoms with Crippen LogP contribution < -0.4 is 14.8 Å². The third-order valence-corrected chi connectivity index (χ3v) is 7.59. The number of hydrogen-bond acceptors (Lipinski definition) is 11. The Hall–Kier alpha value is -4.35. The van der Waals surface area contributed by atoms with Gasteiger partial charge in [-0.1, -0.05) is 6.07 Å².